The van der Waals surface area contributed by atoms with E-state index in [9.17, 15) is 10.1 Å². The Morgan fingerprint density at radius 1 is 1.30 bits per heavy atom. The zero-order chi connectivity index (χ0) is 18.8. The fraction of sp³-hybridized carbons (Fsp3) is 0.429. The average molecular weight is 362 g/mol. The number of hydrogen-bond donors (Lipinski definition) is 0. The maximum atomic E-state index is 11.9. The van der Waals surface area contributed by atoms with Crippen LogP contribution in [0.3, 0.4) is 0 Å². The third kappa shape index (κ3) is 3.43. The lowest BCUT2D eigenvalue weighted by Crippen LogP contribution is -2.18. The molecule has 1 saturated heterocycles. The second kappa shape index (κ2) is 7.45. The van der Waals surface area contributed by atoms with E-state index in [1.807, 2.05) is 12.1 Å². The molecule has 1 aliphatic rings. The Kier molecular flexibility index (Phi) is 4.87. The summed E-state index contributed by atoms with van der Waals surface area (Å²) >= 11 is 0. The standard InChI is InChI=1S/C21H22N4O2/c1-14(26)10-20-24-19-13-23-18-7-6-15(12-22)11-17(18)21(19)25(20)16-4-2-8-27-9-3-5-16/h6-7,11,13,16H,2-5,8-10H2,1H3. The Morgan fingerprint density at radius 2 is 2.07 bits per heavy atom. The summed E-state index contributed by atoms with van der Waals surface area (Å²) in [5.74, 6) is 0.886. The monoisotopic (exact) mass is 362 g/mol. The fourth-order valence-corrected chi connectivity index (χ4v) is 3.98. The third-order valence-electron chi connectivity index (χ3n) is 5.14. The molecule has 6 heteroatoms. The number of aromatic nitrogens is 3. The molecule has 0 bridgehead atoms. The maximum Gasteiger partial charge on any atom is 0.137 e. The molecule has 1 fully saturated rings. The number of ketones is 1. The first-order valence-electron chi connectivity index (χ1n) is 9.44. The number of hydrogen-bond acceptors (Lipinski definition) is 5. The number of rotatable bonds is 3. The molecule has 27 heavy (non-hydrogen) atoms. The van der Waals surface area contributed by atoms with Crippen LogP contribution in [0.25, 0.3) is 21.9 Å². The summed E-state index contributed by atoms with van der Waals surface area (Å²) in [6, 6.07) is 8.02. The molecular formula is C21H22N4O2. The molecule has 2 aromatic heterocycles. The Morgan fingerprint density at radius 3 is 2.78 bits per heavy atom. The zero-order valence-corrected chi connectivity index (χ0v) is 15.4. The molecule has 0 spiro atoms. The van der Waals surface area contributed by atoms with Gasteiger partial charge in [0.25, 0.3) is 0 Å². The van der Waals surface area contributed by atoms with E-state index in [-0.39, 0.29) is 11.8 Å². The van der Waals surface area contributed by atoms with Gasteiger partial charge in [0, 0.05) is 24.6 Å². The number of carbonyl (C=O) groups excluding carboxylic acids is 1. The number of imidazole rings is 1. The van der Waals surface area contributed by atoms with Crippen molar-refractivity contribution in [1.29, 1.82) is 5.26 Å². The van der Waals surface area contributed by atoms with Gasteiger partial charge in [-0.15, -0.1) is 0 Å². The molecule has 0 unspecified atom stereocenters. The van der Waals surface area contributed by atoms with Crippen LogP contribution in [0.4, 0.5) is 0 Å². The van der Waals surface area contributed by atoms with E-state index < -0.39 is 0 Å². The number of benzene rings is 1. The Hall–Kier alpha value is -2.78. The third-order valence-corrected chi connectivity index (χ3v) is 5.14. The molecule has 0 aliphatic carbocycles. The Bertz CT molecular complexity index is 1040. The van der Waals surface area contributed by atoms with E-state index in [4.69, 9.17) is 9.72 Å². The van der Waals surface area contributed by atoms with Gasteiger partial charge in [0.1, 0.15) is 17.1 Å². The minimum atomic E-state index is 0.0933. The van der Waals surface area contributed by atoms with Crippen LogP contribution in [0, 0.1) is 11.3 Å². The predicted molar refractivity (Wildman–Crippen MR) is 102 cm³/mol. The molecular weight excluding hydrogens is 340 g/mol. The number of ether oxygens (including phenoxy) is 1. The highest BCUT2D eigenvalue weighted by Crippen LogP contribution is 2.33. The smallest absolute Gasteiger partial charge is 0.137 e. The van der Waals surface area contributed by atoms with E-state index in [2.05, 4.69) is 15.6 Å². The second-order valence-corrected chi connectivity index (χ2v) is 7.16. The number of carbonyl (C=O) groups is 1. The van der Waals surface area contributed by atoms with Crippen molar-refractivity contribution in [3.63, 3.8) is 0 Å². The van der Waals surface area contributed by atoms with Gasteiger partial charge in [0.15, 0.2) is 0 Å². The summed E-state index contributed by atoms with van der Waals surface area (Å²) in [6.07, 6.45) is 6.01. The van der Waals surface area contributed by atoms with Crippen molar-refractivity contribution in [1.82, 2.24) is 14.5 Å². The maximum absolute atomic E-state index is 11.9. The molecule has 1 aromatic carbocycles. The van der Waals surface area contributed by atoms with Gasteiger partial charge < -0.3 is 9.30 Å². The summed E-state index contributed by atoms with van der Waals surface area (Å²) < 4.78 is 7.84. The van der Waals surface area contributed by atoms with Crippen LogP contribution < -0.4 is 0 Å². The molecule has 0 atom stereocenters. The van der Waals surface area contributed by atoms with E-state index in [0.29, 0.717) is 12.0 Å². The van der Waals surface area contributed by atoms with Gasteiger partial charge in [0.05, 0.1) is 35.3 Å². The topological polar surface area (TPSA) is 80.8 Å². The number of Topliss-reactive ketones (excluding diaryl/α,β-unsaturated/α-hetero) is 1. The van der Waals surface area contributed by atoms with Gasteiger partial charge in [-0.1, -0.05) is 0 Å². The van der Waals surface area contributed by atoms with Crippen molar-refractivity contribution in [2.75, 3.05) is 13.2 Å². The first kappa shape index (κ1) is 17.6. The van der Waals surface area contributed by atoms with Crippen LogP contribution in [0.15, 0.2) is 24.4 Å². The summed E-state index contributed by atoms with van der Waals surface area (Å²) in [5, 5.41) is 10.3. The lowest BCUT2D eigenvalue weighted by Gasteiger charge is -2.24. The SMILES string of the molecule is CC(=O)Cc1nc2cnc3ccc(C#N)cc3c2n1C1CCCOCCC1. The molecule has 4 rings (SSSR count). The Balaban J connectivity index is 1.97. The molecule has 0 N–H and O–H groups in total. The van der Waals surface area contributed by atoms with Gasteiger partial charge in [-0.05, 0) is 50.8 Å². The van der Waals surface area contributed by atoms with Gasteiger partial charge in [0.2, 0.25) is 0 Å². The number of pyridine rings is 1. The van der Waals surface area contributed by atoms with Crippen molar-refractivity contribution < 1.29 is 9.53 Å². The Labute approximate surface area is 157 Å². The number of nitrogens with zero attached hydrogens (tertiary/aromatic N) is 4. The normalized spacial score (nSPS) is 16.1. The van der Waals surface area contributed by atoms with Crippen LogP contribution in [0.5, 0.6) is 0 Å². The highest BCUT2D eigenvalue weighted by atomic mass is 16.5. The van der Waals surface area contributed by atoms with Crippen molar-refractivity contribution in [2.45, 2.75) is 45.1 Å². The van der Waals surface area contributed by atoms with Crippen LogP contribution in [0.1, 0.15) is 50.0 Å². The minimum Gasteiger partial charge on any atom is -0.381 e. The van der Waals surface area contributed by atoms with Crippen LogP contribution in [0.2, 0.25) is 0 Å². The molecule has 3 heterocycles. The van der Waals surface area contributed by atoms with Gasteiger partial charge in [-0.3, -0.25) is 9.78 Å². The molecule has 1 aliphatic heterocycles. The molecule has 6 nitrogen and oxygen atoms in total. The average Bonchev–Trinajstić information content (AvgIpc) is 2.98. The van der Waals surface area contributed by atoms with E-state index in [0.717, 1.165) is 66.7 Å². The fourth-order valence-electron chi connectivity index (χ4n) is 3.98. The molecule has 3 aromatic rings. The zero-order valence-electron chi connectivity index (χ0n) is 15.4. The number of nitriles is 1. The van der Waals surface area contributed by atoms with Crippen LogP contribution >= 0.6 is 0 Å². The van der Waals surface area contributed by atoms with Crippen molar-refractivity contribution in [2.24, 2.45) is 0 Å². The largest absolute Gasteiger partial charge is 0.381 e. The van der Waals surface area contributed by atoms with Gasteiger partial charge in [-0.2, -0.15) is 5.26 Å². The van der Waals surface area contributed by atoms with Gasteiger partial charge in [-0.25, -0.2) is 4.98 Å². The highest BCUT2D eigenvalue weighted by Gasteiger charge is 2.23. The summed E-state index contributed by atoms with van der Waals surface area (Å²) in [6.45, 7) is 3.14. The lowest BCUT2D eigenvalue weighted by atomic mass is 10.0. The summed E-state index contributed by atoms with van der Waals surface area (Å²) in [5.41, 5.74) is 3.21. The summed E-state index contributed by atoms with van der Waals surface area (Å²) in [7, 11) is 0. The van der Waals surface area contributed by atoms with Crippen LogP contribution in [-0.2, 0) is 16.0 Å². The van der Waals surface area contributed by atoms with Crippen molar-refractivity contribution >= 4 is 27.7 Å². The van der Waals surface area contributed by atoms with E-state index >= 15 is 0 Å². The second-order valence-electron chi connectivity index (χ2n) is 7.16. The minimum absolute atomic E-state index is 0.0933. The summed E-state index contributed by atoms with van der Waals surface area (Å²) in [4.78, 5) is 21.1. The highest BCUT2D eigenvalue weighted by molar-refractivity contribution is 6.03. The van der Waals surface area contributed by atoms with Crippen molar-refractivity contribution in [3.8, 4) is 6.07 Å². The van der Waals surface area contributed by atoms with E-state index in [1.165, 1.54) is 0 Å². The van der Waals surface area contributed by atoms with Crippen molar-refractivity contribution in [3.05, 3.63) is 35.8 Å². The van der Waals surface area contributed by atoms with Crippen LogP contribution in [-0.4, -0.2) is 33.5 Å². The molecule has 138 valence electrons. The predicted octanol–water partition coefficient (Wildman–Crippen LogP) is 3.72. The lowest BCUT2D eigenvalue weighted by molar-refractivity contribution is -0.116. The van der Waals surface area contributed by atoms with Gasteiger partial charge >= 0.3 is 0 Å². The number of fused-ring (bicyclic) bond motifs is 3. The molecule has 0 amide bonds. The first-order chi connectivity index (χ1) is 13.2. The quantitative estimate of drug-likeness (QED) is 0.709. The molecule has 0 radical (unpaired) electrons. The molecule has 0 saturated carbocycles. The first-order valence-corrected chi connectivity index (χ1v) is 9.44. The van der Waals surface area contributed by atoms with E-state index in [1.54, 1.807) is 19.2 Å².